The molecule has 0 spiro atoms. The van der Waals surface area contributed by atoms with E-state index >= 15 is 0 Å². The van der Waals surface area contributed by atoms with Crippen LogP contribution in [0.25, 0.3) is 0 Å². The van der Waals surface area contributed by atoms with E-state index in [1.807, 2.05) is 0 Å². The minimum atomic E-state index is -0.975. The molecule has 0 aromatic carbocycles. The fraction of sp³-hybridized carbons (Fsp3) is 0.333. The molecular formula is C12H16O4. The third kappa shape index (κ3) is 10.4. The van der Waals surface area contributed by atoms with Gasteiger partial charge in [-0.1, -0.05) is 30.4 Å². The molecule has 0 radical (unpaired) electrons. The van der Waals surface area contributed by atoms with Crippen molar-refractivity contribution in [1.29, 1.82) is 0 Å². The lowest BCUT2D eigenvalue weighted by Gasteiger charge is -1.89. The summed E-state index contributed by atoms with van der Waals surface area (Å²) in [4.78, 5) is 21.2. The molecule has 0 bridgehead atoms. The highest BCUT2D eigenvalue weighted by Gasteiger charge is 2.00. The fourth-order valence-electron chi connectivity index (χ4n) is 0.830. The standard InChI is InChI=1S/C12H16O4/c1-10(13)6-4-2-3-5-7-11(14)8-9-12(15)16/h2-7,10,13H,8-9H2,1H3,(H,15,16). The summed E-state index contributed by atoms with van der Waals surface area (Å²) in [6.07, 6.45) is 8.81. The van der Waals surface area contributed by atoms with Gasteiger partial charge in [-0.15, -0.1) is 0 Å². The van der Waals surface area contributed by atoms with Gasteiger partial charge >= 0.3 is 5.97 Å². The number of allylic oxidation sites excluding steroid dienone is 5. The van der Waals surface area contributed by atoms with Gasteiger partial charge in [-0.05, 0) is 13.0 Å². The van der Waals surface area contributed by atoms with Crippen LogP contribution in [-0.4, -0.2) is 28.1 Å². The zero-order valence-corrected chi connectivity index (χ0v) is 9.17. The maximum atomic E-state index is 11.0. The van der Waals surface area contributed by atoms with Crippen LogP contribution in [0.1, 0.15) is 19.8 Å². The molecule has 0 aromatic heterocycles. The van der Waals surface area contributed by atoms with Crippen molar-refractivity contribution in [2.24, 2.45) is 0 Å². The van der Waals surface area contributed by atoms with Gasteiger partial charge in [-0.2, -0.15) is 0 Å². The van der Waals surface area contributed by atoms with Gasteiger partial charge in [0.1, 0.15) is 0 Å². The molecule has 1 unspecified atom stereocenters. The molecule has 0 aliphatic rings. The number of hydrogen-bond acceptors (Lipinski definition) is 3. The topological polar surface area (TPSA) is 74.6 Å². The van der Waals surface area contributed by atoms with Crippen molar-refractivity contribution in [1.82, 2.24) is 0 Å². The molecule has 0 saturated carbocycles. The van der Waals surface area contributed by atoms with Crippen LogP contribution >= 0.6 is 0 Å². The number of aliphatic hydroxyl groups is 1. The summed E-state index contributed by atoms with van der Waals surface area (Å²) in [6.45, 7) is 1.63. The van der Waals surface area contributed by atoms with E-state index < -0.39 is 12.1 Å². The van der Waals surface area contributed by atoms with Gasteiger partial charge in [0.2, 0.25) is 0 Å². The lowest BCUT2D eigenvalue weighted by atomic mass is 10.2. The second-order valence-electron chi connectivity index (χ2n) is 3.23. The molecule has 88 valence electrons. The number of aliphatic carboxylic acids is 1. The third-order valence-corrected chi connectivity index (χ3v) is 1.59. The van der Waals surface area contributed by atoms with E-state index in [1.54, 1.807) is 31.2 Å². The highest BCUT2D eigenvalue weighted by molar-refractivity contribution is 5.91. The molecular weight excluding hydrogens is 208 g/mol. The third-order valence-electron chi connectivity index (χ3n) is 1.59. The van der Waals surface area contributed by atoms with Crippen LogP contribution in [0.5, 0.6) is 0 Å². The number of hydrogen-bond donors (Lipinski definition) is 2. The van der Waals surface area contributed by atoms with Crippen LogP contribution in [0.4, 0.5) is 0 Å². The zero-order valence-electron chi connectivity index (χ0n) is 9.17. The van der Waals surface area contributed by atoms with Gasteiger partial charge in [0.15, 0.2) is 5.78 Å². The van der Waals surface area contributed by atoms with E-state index in [-0.39, 0.29) is 18.6 Å². The summed E-state index contributed by atoms with van der Waals surface area (Å²) < 4.78 is 0. The normalized spacial score (nSPS) is 13.9. The number of carboxylic acid groups (broad SMARTS) is 1. The minimum absolute atomic E-state index is 0.0171. The van der Waals surface area contributed by atoms with Crippen LogP contribution in [0.2, 0.25) is 0 Å². The summed E-state index contributed by atoms with van der Waals surface area (Å²) in [7, 11) is 0. The number of carbonyl (C=O) groups is 2. The van der Waals surface area contributed by atoms with Gasteiger partial charge < -0.3 is 10.2 Å². The second kappa shape index (κ2) is 8.61. The van der Waals surface area contributed by atoms with E-state index in [0.29, 0.717) is 0 Å². The number of carbonyl (C=O) groups excluding carboxylic acids is 1. The Bertz CT molecular complexity index is 311. The van der Waals surface area contributed by atoms with Crippen molar-refractivity contribution in [3.05, 3.63) is 36.5 Å². The minimum Gasteiger partial charge on any atom is -0.481 e. The number of carboxylic acids is 1. The summed E-state index contributed by atoms with van der Waals surface area (Å²) in [5.74, 6) is -1.19. The van der Waals surface area contributed by atoms with Gasteiger partial charge in [0, 0.05) is 6.42 Å². The quantitative estimate of drug-likeness (QED) is 0.507. The van der Waals surface area contributed by atoms with E-state index in [2.05, 4.69) is 0 Å². The van der Waals surface area contributed by atoms with Crippen LogP contribution in [0, 0.1) is 0 Å². The Kier molecular flexibility index (Phi) is 7.71. The van der Waals surface area contributed by atoms with E-state index in [0.717, 1.165) is 0 Å². The molecule has 1 atom stereocenters. The van der Waals surface area contributed by atoms with Crippen LogP contribution in [-0.2, 0) is 9.59 Å². The first-order valence-electron chi connectivity index (χ1n) is 4.96. The van der Waals surface area contributed by atoms with Gasteiger partial charge in [0.05, 0.1) is 12.5 Å². The Morgan fingerprint density at radius 2 is 1.75 bits per heavy atom. The summed E-state index contributed by atoms with van der Waals surface area (Å²) in [6, 6.07) is 0. The molecule has 0 fully saturated rings. The summed E-state index contributed by atoms with van der Waals surface area (Å²) in [5.41, 5.74) is 0. The lowest BCUT2D eigenvalue weighted by molar-refractivity contribution is -0.138. The second-order valence-corrected chi connectivity index (χ2v) is 3.23. The van der Waals surface area contributed by atoms with Crippen LogP contribution < -0.4 is 0 Å². The smallest absolute Gasteiger partial charge is 0.303 e. The molecule has 0 aliphatic heterocycles. The average Bonchev–Trinajstić information content (AvgIpc) is 2.19. The Morgan fingerprint density at radius 3 is 2.31 bits per heavy atom. The highest BCUT2D eigenvalue weighted by Crippen LogP contribution is 1.93. The average molecular weight is 224 g/mol. The monoisotopic (exact) mass is 224 g/mol. The van der Waals surface area contributed by atoms with Crippen molar-refractivity contribution in [3.63, 3.8) is 0 Å². The molecule has 4 nitrogen and oxygen atoms in total. The van der Waals surface area contributed by atoms with Crippen LogP contribution in [0.3, 0.4) is 0 Å². The molecule has 0 rings (SSSR count). The van der Waals surface area contributed by atoms with Gasteiger partial charge in [0.25, 0.3) is 0 Å². The van der Waals surface area contributed by atoms with Crippen molar-refractivity contribution in [2.45, 2.75) is 25.9 Å². The Balaban J connectivity index is 3.83. The van der Waals surface area contributed by atoms with E-state index in [9.17, 15) is 9.59 Å². The zero-order chi connectivity index (χ0) is 12.4. The maximum Gasteiger partial charge on any atom is 0.303 e. The molecule has 0 aliphatic carbocycles. The maximum absolute atomic E-state index is 11.0. The fourth-order valence-corrected chi connectivity index (χ4v) is 0.830. The van der Waals surface area contributed by atoms with Crippen molar-refractivity contribution >= 4 is 11.8 Å². The molecule has 2 N–H and O–H groups in total. The van der Waals surface area contributed by atoms with Crippen LogP contribution in [0.15, 0.2) is 36.5 Å². The Labute approximate surface area is 94.6 Å². The van der Waals surface area contributed by atoms with Crippen molar-refractivity contribution < 1.29 is 19.8 Å². The predicted octanol–water partition coefficient (Wildman–Crippen LogP) is 1.47. The first-order valence-corrected chi connectivity index (χ1v) is 4.96. The number of aliphatic hydroxyl groups excluding tert-OH is 1. The molecule has 0 saturated heterocycles. The summed E-state index contributed by atoms with van der Waals surface area (Å²) in [5, 5.41) is 17.2. The Morgan fingerprint density at radius 1 is 1.12 bits per heavy atom. The summed E-state index contributed by atoms with van der Waals surface area (Å²) >= 11 is 0. The van der Waals surface area contributed by atoms with Gasteiger partial charge in [-0.25, -0.2) is 0 Å². The molecule has 16 heavy (non-hydrogen) atoms. The molecule has 0 heterocycles. The van der Waals surface area contributed by atoms with E-state index in [4.69, 9.17) is 10.2 Å². The first kappa shape index (κ1) is 14.3. The van der Waals surface area contributed by atoms with Crippen molar-refractivity contribution in [3.8, 4) is 0 Å². The van der Waals surface area contributed by atoms with Crippen molar-refractivity contribution in [2.75, 3.05) is 0 Å². The largest absolute Gasteiger partial charge is 0.481 e. The molecule has 4 heteroatoms. The first-order chi connectivity index (χ1) is 7.52. The molecule has 0 amide bonds. The molecule has 0 aromatic rings. The highest BCUT2D eigenvalue weighted by atomic mass is 16.4. The SMILES string of the molecule is CC(O)C=CC=CC=CC(=O)CCC(=O)O. The van der Waals surface area contributed by atoms with Gasteiger partial charge in [-0.3, -0.25) is 9.59 Å². The van der Waals surface area contributed by atoms with E-state index in [1.165, 1.54) is 12.2 Å². The number of rotatable bonds is 7. The predicted molar refractivity (Wildman–Crippen MR) is 61.0 cm³/mol. The Hall–Kier alpha value is -1.68. The lowest BCUT2D eigenvalue weighted by Crippen LogP contribution is -1.99. The number of ketones is 1.